The number of halogens is 1. The molecule has 2 rings (SSSR count). The first-order chi connectivity index (χ1) is 12.3. The van der Waals surface area contributed by atoms with Crippen molar-refractivity contribution in [3.63, 3.8) is 0 Å². The molecule has 0 spiro atoms. The predicted octanol–water partition coefficient (Wildman–Crippen LogP) is 3.21. The molecule has 0 unspecified atom stereocenters. The molecule has 0 aliphatic heterocycles. The van der Waals surface area contributed by atoms with Gasteiger partial charge in [-0.1, -0.05) is 11.6 Å². The smallest absolute Gasteiger partial charge is 0.268 e. The fourth-order valence-electron chi connectivity index (χ4n) is 2.45. The van der Waals surface area contributed by atoms with Gasteiger partial charge in [-0.05, 0) is 26.8 Å². The highest BCUT2D eigenvalue weighted by Crippen LogP contribution is 2.41. The van der Waals surface area contributed by atoms with Gasteiger partial charge < -0.3 is 20.2 Å². The molecule has 0 aliphatic carbocycles. The van der Waals surface area contributed by atoms with Crippen LogP contribution in [0, 0.1) is 22.7 Å². The Morgan fingerprint density at radius 2 is 1.88 bits per heavy atom. The quantitative estimate of drug-likeness (QED) is 0.830. The Morgan fingerprint density at radius 1 is 1.23 bits per heavy atom. The Labute approximate surface area is 155 Å². The van der Waals surface area contributed by atoms with Crippen LogP contribution in [0.25, 0.3) is 11.1 Å². The SMILES string of the molecule is CCOc1cc(-c2c(C#N)c(N)[nH]c(=O)c2C#N)c(Cl)cc1OC(C)C. The van der Waals surface area contributed by atoms with Crippen molar-refractivity contribution in [3.8, 4) is 34.8 Å². The Morgan fingerprint density at radius 3 is 2.42 bits per heavy atom. The number of aromatic nitrogens is 1. The van der Waals surface area contributed by atoms with Crippen molar-refractivity contribution in [1.29, 1.82) is 10.5 Å². The lowest BCUT2D eigenvalue weighted by atomic mass is 9.96. The van der Waals surface area contributed by atoms with E-state index in [1.165, 1.54) is 6.07 Å². The normalized spacial score (nSPS) is 10.3. The van der Waals surface area contributed by atoms with Gasteiger partial charge in [0.25, 0.3) is 5.56 Å². The summed E-state index contributed by atoms with van der Waals surface area (Å²) in [4.78, 5) is 14.4. The second-order valence-electron chi connectivity index (χ2n) is 5.59. The third-order valence-electron chi connectivity index (χ3n) is 3.43. The second kappa shape index (κ2) is 7.81. The van der Waals surface area contributed by atoms with Crippen LogP contribution in [0.2, 0.25) is 5.02 Å². The molecule has 0 amide bonds. The van der Waals surface area contributed by atoms with Gasteiger partial charge in [-0.3, -0.25) is 4.79 Å². The van der Waals surface area contributed by atoms with E-state index in [-0.39, 0.29) is 39.2 Å². The van der Waals surface area contributed by atoms with Gasteiger partial charge in [-0.25, -0.2) is 0 Å². The van der Waals surface area contributed by atoms with Gasteiger partial charge in [0.15, 0.2) is 11.5 Å². The molecule has 0 atom stereocenters. The first-order valence-corrected chi connectivity index (χ1v) is 8.21. The van der Waals surface area contributed by atoms with Crippen LogP contribution < -0.4 is 20.8 Å². The zero-order chi connectivity index (χ0) is 19.4. The van der Waals surface area contributed by atoms with Crippen molar-refractivity contribution < 1.29 is 9.47 Å². The van der Waals surface area contributed by atoms with Gasteiger partial charge in [0.1, 0.15) is 29.1 Å². The summed E-state index contributed by atoms with van der Waals surface area (Å²) in [7, 11) is 0. The minimum Gasteiger partial charge on any atom is -0.490 e. The van der Waals surface area contributed by atoms with Crippen molar-refractivity contribution in [2.24, 2.45) is 0 Å². The summed E-state index contributed by atoms with van der Waals surface area (Å²) in [6.45, 7) is 5.89. The van der Waals surface area contributed by atoms with Crippen molar-refractivity contribution in [2.75, 3.05) is 12.3 Å². The van der Waals surface area contributed by atoms with Crippen LogP contribution in [0.15, 0.2) is 16.9 Å². The topological polar surface area (TPSA) is 125 Å². The second-order valence-corrected chi connectivity index (χ2v) is 6.00. The minimum absolute atomic E-state index is 0.0389. The van der Waals surface area contributed by atoms with E-state index in [1.54, 1.807) is 13.0 Å². The summed E-state index contributed by atoms with van der Waals surface area (Å²) in [5.41, 5.74) is 5.12. The van der Waals surface area contributed by atoms with Crippen LogP contribution in [-0.4, -0.2) is 17.7 Å². The number of aromatic amines is 1. The summed E-state index contributed by atoms with van der Waals surface area (Å²) in [6, 6.07) is 6.79. The lowest BCUT2D eigenvalue weighted by molar-refractivity contribution is 0.224. The molecule has 7 nitrogen and oxygen atoms in total. The molecule has 1 aromatic heterocycles. The van der Waals surface area contributed by atoms with Crippen LogP contribution in [0.3, 0.4) is 0 Å². The lowest BCUT2D eigenvalue weighted by Gasteiger charge is -2.18. The molecule has 0 bridgehead atoms. The van der Waals surface area contributed by atoms with Gasteiger partial charge in [-0.2, -0.15) is 10.5 Å². The molecule has 1 heterocycles. The number of nitriles is 2. The highest BCUT2D eigenvalue weighted by Gasteiger charge is 2.22. The van der Waals surface area contributed by atoms with Crippen molar-refractivity contribution in [3.05, 3.63) is 38.6 Å². The maximum Gasteiger partial charge on any atom is 0.268 e. The average Bonchev–Trinajstić information content (AvgIpc) is 2.56. The molecule has 0 fully saturated rings. The molecular weight excluding hydrogens is 356 g/mol. The van der Waals surface area contributed by atoms with Crippen LogP contribution >= 0.6 is 11.6 Å². The molecule has 0 radical (unpaired) electrons. The standard InChI is InChI=1S/C18H17ClN4O3/c1-4-25-14-5-10(13(19)6-15(14)26-9(2)3)16-11(7-20)17(22)23-18(24)12(16)8-21/h5-6,9H,4H2,1-3H3,(H3,22,23,24). The molecule has 2 aromatic rings. The van der Waals surface area contributed by atoms with Crippen LogP contribution in [-0.2, 0) is 0 Å². The number of anilines is 1. The lowest BCUT2D eigenvalue weighted by Crippen LogP contribution is -2.16. The van der Waals surface area contributed by atoms with Crippen molar-refractivity contribution in [2.45, 2.75) is 26.9 Å². The fourth-order valence-corrected chi connectivity index (χ4v) is 2.70. The highest BCUT2D eigenvalue weighted by molar-refractivity contribution is 6.33. The summed E-state index contributed by atoms with van der Waals surface area (Å²) < 4.78 is 11.3. The van der Waals surface area contributed by atoms with Crippen molar-refractivity contribution >= 4 is 17.4 Å². The van der Waals surface area contributed by atoms with Crippen LogP contribution in [0.4, 0.5) is 5.82 Å². The molecule has 8 heteroatoms. The number of rotatable bonds is 5. The van der Waals surface area contributed by atoms with E-state index in [0.29, 0.717) is 18.1 Å². The zero-order valence-electron chi connectivity index (χ0n) is 14.5. The van der Waals surface area contributed by atoms with E-state index in [2.05, 4.69) is 4.98 Å². The number of benzene rings is 1. The molecule has 3 N–H and O–H groups in total. The Hall–Kier alpha value is -3.16. The maximum absolute atomic E-state index is 12.1. The van der Waals surface area contributed by atoms with Crippen LogP contribution in [0.5, 0.6) is 11.5 Å². The van der Waals surface area contributed by atoms with Crippen LogP contribution in [0.1, 0.15) is 31.9 Å². The van der Waals surface area contributed by atoms with Gasteiger partial charge in [0.2, 0.25) is 0 Å². The molecule has 0 saturated carbocycles. The summed E-state index contributed by atoms with van der Waals surface area (Å²) in [6.07, 6.45) is -0.115. The van der Waals surface area contributed by atoms with Gasteiger partial charge in [-0.15, -0.1) is 0 Å². The number of ether oxygens (including phenoxy) is 2. The van der Waals surface area contributed by atoms with E-state index in [1.807, 2.05) is 26.0 Å². The minimum atomic E-state index is -0.699. The average molecular weight is 373 g/mol. The first-order valence-electron chi connectivity index (χ1n) is 7.83. The maximum atomic E-state index is 12.1. The molecule has 0 saturated heterocycles. The fraction of sp³-hybridized carbons (Fsp3) is 0.278. The van der Waals surface area contributed by atoms with E-state index < -0.39 is 5.56 Å². The zero-order valence-corrected chi connectivity index (χ0v) is 15.3. The van der Waals surface area contributed by atoms with Gasteiger partial charge in [0, 0.05) is 17.2 Å². The van der Waals surface area contributed by atoms with E-state index in [0.717, 1.165) is 0 Å². The predicted molar refractivity (Wildman–Crippen MR) is 98.3 cm³/mol. The van der Waals surface area contributed by atoms with Crippen molar-refractivity contribution in [1.82, 2.24) is 4.98 Å². The Balaban J connectivity index is 2.86. The number of nitrogens with zero attached hydrogens (tertiary/aromatic N) is 2. The van der Waals surface area contributed by atoms with E-state index in [4.69, 9.17) is 26.8 Å². The number of pyridine rings is 1. The third-order valence-corrected chi connectivity index (χ3v) is 3.75. The molecule has 1 aromatic carbocycles. The number of hydrogen-bond donors (Lipinski definition) is 2. The van der Waals surface area contributed by atoms with Gasteiger partial charge >= 0.3 is 0 Å². The summed E-state index contributed by atoms with van der Waals surface area (Å²) in [5.74, 6) is 0.667. The molecule has 134 valence electrons. The number of hydrogen-bond acceptors (Lipinski definition) is 6. The number of nitrogens with two attached hydrogens (primary N) is 1. The first kappa shape index (κ1) is 19.2. The van der Waals surface area contributed by atoms with E-state index in [9.17, 15) is 15.3 Å². The van der Waals surface area contributed by atoms with E-state index >= 15 is 0 Å². The molecule has 26 heavy (non-hydrogen) atoms. The number of nitrogen functional groups attached to an aromatic ring is 1. The number of H-pyrrole nitrogens is 1. The van der Waals surface area contributed by atoms with Gasteiger partial charge in [0.05, 0.1) is 17.7 Å². The number of nitrogens with one attached hydrogen (secondary N) is 1. The third kappa shape index (κ3) is 3.58. The highest BCUT2D eigenvalue weighted by atomic mass is 35.5. The Bertz CT molecular complexity index is 984. The molecular formula is C18H17ClN4O3. The summed E-state index contributed by atoms with van der Waals surface area (Å²) in [5, 5.41) is 19.0. The largest absolute Gasteiger partial charge is 0.490 e. The summed E-state index contributed by atoms with van der Waals surface area (Å²) >= 11 is 6.37. The monoisotopic (exact) mass is 372 g/mol. The Kier molecular flexibility index (Phi) is 5.76. The molecule has 0 aliphatic rings.